The predicted molar refractivity (Wildman–Crippen MR) is 199 cm³/mol. The number of hydrogen-bond donors (Lipinski definition) is 1. The summed E-state index contributed by atoms with van der Waals surface area (Å²) in [6.45, 7) is 4.77. The molecule has 0 aliphatic carbocycles. The normalized spacial score (nSPS) is 17.5. The first-order valence-corrected chi connectivity index (χ1v) is 18.6. The summed E-state index contributed by atoms with van der Waals surface area (Å²) >= 11 is 1.65. The van der Waals surface area contributed by atoms with E-state index in [0.717, 1.165) is 68.6 Å². The first kappa shape index (κ1) is 34.2. The summed E-state index contributed by atoms with van der Waals surface area (Å²) in [6.07, 6.45) is 5.37. The van der Waals surface area contributed by atoms with Crippen LogP contribution in [0.25, 0.3) is 5.00 Å². The fourth-order valence-corrected chi connectivity index (χ4v) is 8.32. The fourth-order valence-electron chi connectivity index (χ4n) is 7.09. The smallest absolute Gasteiger partial charge is 0.255 e. The minimum atomic E-state index is -0.644. The molecule has 5 aromatic rings. The highest BCUT2D eigenvalue weighted by Crippen LogP contribution is 2.39. The van der Waals surface area contributed by atoms with E-state index in [2.05, 4.69) is 79.1 Å². The largest absolute Gasteiger partial charge is 0.366 e. The van der Waals surface area contributed by atoms with Gasteiger partial charge in [0.15, 0.2) is 5.82 Å². The van der Waals surface area contributed by atoms with Gasteiger partial charge in [-0.3, -0.25) is 24.3 Å². The SMILES string of the molecule is Cc1nnc2n1-c1sc(C#Cc3ccc(CCCC#Cc4cccc5c4CN(C4CCC(=O)NC4=O)C5=O)cn3)c(Cc3ccccc3)c1CO[C@H]2C. The van der Waals surface area contributed by atoms with Gasteiger partial charge in [0.2, 0.25) is 11.8 Å². The number of nitrogens with zero attached hydrogens (tertiary/aromatic N) is 5. The van der Waals surface area contributed by atoms with Gasteiger partial charge >= 0.3 is 0 Å². The lowest BCUT2D eigenvalue weighted by Gasteiger charge is -2.29. The van der Waals surface area contributed by atoms with Crippen LogP contribution < -0.4 is 5.32 Å². The molecule has 0 bridgehead atoms. The third kappa shape index (κ3) is 6.89. The Kier molecular flexibility index (Phi) is 9.44. The highest BCUT2D eigenvalue weighted by Gasteiger charge is 2.39. The quantitative estimate of drug-likeness (QED) is 0.135. The molecule has 8 rings (SSSR count). The maximum absolute atomic E-state index is 13.1. The maximum Gasteiger partial charge on any atom is 0.255 e. The van der Waals surface area contributed by atoms with Crippen molar-refractivity contribution in [3.8, 4) is 28.7 Å². The highest BCUT2D eigenvalue weighted by atomic mass is 32.1. The summed E-state index contributed by atoms with van der Waals surface area (Å²) in [5, 5.41) is 12.2. The number of carbonyl (C=O) groups excluding carboxylic acids is 3. The molecule has 10 nitrogen and oxygen atoms in total. The number of nitrogens with one attached hydrogen (secondary N) is 1. The monoisotopic (exact) mass is 720 g/mol. The van der Waals surface area contributed by atoms with Crippen molar-refractivity contribution in [2.24, 2.45) is 0 Å². The van der Waals surface area contributed by atoms with Gasteiger partial charge < -0.3 is 9.64 Å². The van der Waals surface area contributed by atoms with E-state index in [0.29, 0.717) is 37.3 Å². The van der Waals surface area contributed by atoms with Crippen molar-refractivity contribution in [3.05, 3.63) is 128 Å². The number of thiophene rings is 1. The molecule has 0 saturated carbocycles. The van der Waals surface area contributed by atoms with Crippen LogP contribution in [0, 0.1) is 30.6 Å². The molecule has 3 amide bonds. The summed E-state index contributed by atoms with van der Waals surface area (Å²) in [5.74, 6) is 14.0. The van der Waals surface area contributed by atoms with Crippen LogP contribution in [0.4, 0.5) is 0 Å². The van der Waals surface area contributed by atoms with Crippen molar-refractivity contribution >= 4 is 29.1 Å². The van der Waals surface area contributed by atoms with Crippen molar-refractivity contribution in [2.45, 2.75) is 77.7 Å². The number of ether oxygens (including phenoxy) is 1. The Balaban J connectivity index is 0.934. The molecular formula is C42H36N6O4S. The molecule has 0 radical (unpaired) electrons. The molecule has 11 heteroatoms. The molecule has 6 heterocycles. The van der Waals surface area contributed by atoms with E-state index in [9.17, 15) is 14.4 Å². The van der Waals surface area contributed by atoms with Gasteiger partial charge in [-0.15, -0.1) is 21.5 Å². The van der Waals surface area contributed by atoms with Crippen molar-refractivity contribution in [1.29, 1.82) is 0 Å². The number of aromatic nitrogens is 4. The first-order valence-electron chi connectivity index (χ1n) is 17.8. The average molecular weight is 721 g/mol. The van der Waals surface area contributed by atoms with E-state index in [4.69, 9.17) is 4.74 Å². The van der Waals surface area contributed by atoms with E-state index in [-0.39, 0.29) is 24.3 Å². The molecule has 1 unspecified atom stereocenters. The molecule has 264 valence electrons. The van der Waals surface area contributed by atoms with Crippen LogP contribution in [0.15, 0.2) is 66.9 Å². The Morgan fingerprint density at radius 2 is 1.83 bits per heavy atom. The molecule has 3 aromatic heterocycles. The number of pyridine rings is 1. The minimum Gasteiger partial charge on any atom is -0.366 e. The Morgan fingerprint density at radius 3 is 2.64 bits per heavy atom. The van der Waals surface area contributed by atoms with Crippen molar-refractivity contribution < 1.29 is 19.1 Å². The third-order valence-electron chi connectivity index (χ3n) is 9.91. The molecule has 53 heavy (non-hydrogen) atoms. The van der Waals surface area contributed by atoms with Crippen LogP contribution in [-0.4, -0.2) is 48.4 Å². The van der Waals surface area contributed by atoms with Crippen LogP contribution >= 0.6 is 11.3 Å². The lowest BCUT2D eigenvalue weighted by Crippen LogP contribution is -2.52. The first-order chi connectivity index (χ1) is 25.8. The van der Waals surface area contributed by atoms with Gasteiger partial charge in [-0.2, -0.15) is 0 Å². The zero-order valence-electron chi connectivity index (χ0n) is 29.4. The number of unbranched alkanes of at least 4 members (excludes halogenated alkanes) is 1. The summed E-state index contributed by atoms with van der Waals surface area (Å²) in [7, 11) is 0. The molecule has 1 fully saturated rings. The van der Waals surface area contributed by atoms with E-state index >= 15 is 0 Å². The number of amides is 3. The lowest BCUT2D eigenvalue weighted by atomic mass is 10.0. The summed E-state index contributed by atoms with van der Waals surface area (Å²) in [4.78, 5) is 44.4. The molecular weight excluding hydrogens is 685 g/mol. The van der Waals surface area contributed by atoms with Gasteiger partial charge in [-0.1, -0.05) is 54.3 Å². The summed E-state index contributed by atoms with van der Waals surface area (Å²) in [6, 6.07) is 19.3. The molecule has 1 N–H and O–H groups in total. The molecule has 0 spiro atoms. The number of piperidine rings is 1. The van der Waals surface area contributed by atoms with Crippen LogP contribution in [0.3, 0.4) is 0 Å². The fraction of sp³-hybridized carbons (Fsp3) is 0.286. The van der Waals surface area contributed by atoms with Gasteiger partial charge in [0, 0.05) is 42.3 Å². The second-order valence-electron chi connectivity index (χ2n) is 13.4. The molecule has 2 aromatic carbocycles. The third-order valence-corrected chi connectivity index (χ3v) is 11.1. The lowest BCUT2D eigenvalue weighted by molar-refractivity contribution is -0.136. The van der Waals surface area contributed by atoms with Crippen molar-refractivity contribution in [1.82, 2.24) is 30.0 Å². The van der Waals surface area contributed by atoms with Crippen molar-refractivity contribution in [2.75, 3.05) is 0 Å². The Labute approximate surface area is 311 Å². The summed E-state index contributed by atoms with van der Waals surface area (Å²) < 4.78 is 8.35. The highest BCUT2D eigenvalue weighted by molar-refractivity contribution is 7.15. The number of carbonyl (C=O) groups is 3. The van der Waals surface area contributed by atoms with E-state index in [1.54, 1.807) is 22.3 Å². The number of fused-ring (bicyclic) bond motifs is 4. The van der Waals surface area contributed by atoms with Crippen LogP contribution in [0.2, 0.25) is 0 Å². The van der Waals surface area contributed by atoms with E-state index in [1.807, 2.05) is 44.3 Å². The zero-order chi connectivity index (χ0) is 36.5. The maximum atomic E-state index is 13.1. The Hall–Kier alpha value is -5.88. The van der Waals surface area contributed by atoms with Gasteiger partial charge in [-0.05, 0) is 91.8 Å². The average Bonchev–Trinajstić information content (AvgIpc) is 3.80. The number of imide groups is 1. The minimum absolute atomic E-state index is 0.166. The molecule has 3 aliphatic heterocycles. The van der Waals surface area contributed by atoms with Gasteiger partial charge in [-0.25, -0.2) is 4.98 Å². The second kappa shape index (κ2) is 14.6. The van der Waals surface area contributed by atoms with Crippen LogP contribution in [0.5, 0.6) is 0 Å². The summed E-state index contributed by atoms with van der Waals surface area (Å²) in [5.41, 5.74) is 7.51. The molecule has 1 saturated heterocycles. The Bertz CT molecular complexity index is 2370. The molecule has 2 atom stereocenters. The topological polar surface area (TPSA) is 119 Å². The zero-order valence-corrected chi connectivity index (χ0v) is 30.3. The van der Waals surface area contributed by atoms with E-state index < -0.39 is 11.9 Å². The van der Waals surface area contributed by atoms with Gasteiger partial charge in [0.05, 0.1) is 11.5 Å². The number of rotatable bonds is 6. The van der Waals surface area contributed by atoms with Gasteiger partial charge in [0.1, 0.15) is 28.7 Å². The number of benzene rings is 2. The Morgan fingerprint density at radius 1 is 0.962 bits per heavy atom. The number of hydrogen-bond acceptors (Lipinski definition) is 8. The standard InChI is InChI=1S/C42H36N6O4S/c1-26-39-46-45-27(2)48(39)42-35(25-52-26)33(22-28-10-5-3-6-11-28)37(53-42)20-18-31-17-16-29(23-43-31)12-7-4-8-13-30-14-9-15-32-34(30)24-47(41(32)51)36-19-21-38(49)44-40(36)50/h3,5-6,9-11,14-17,23,26,36H,4,7,12,19,21-22,24-25H2,1-2H3,(H,44,49,50)/t26-,36?/m0/s1. The van der Waals surface area contributed by atoms with Crippen molar-refractivity contribution in [3.63, 3.8) is 0 Å². The van der Waals surface area contributed by atoms with Gasteiger partial charge in [0.25, 0.3) is 5.91 Å². The van der Waals surface area contributed by atoms with E-state index in [1.165, 1.54) is 5.56 Å². The predicted octanol–water partition coefficient (Wildman–Crippen LogP) is 5.75. The van der Waals surface area contributed by atoms with Crippen LogP contribution in [0.1, 0.15) is 105 Å². The second-order valence-corrected chi connectivity index (χ2v) is 14.4. The van der Waals surface area contributed by atoms with Crippen LogP contribution in [-0.2, 0) is 40.3 Å². The molecule has 3 aliphatic rings. The number of aryl methyl sites for hydroxylation is 2.